The van der Waals surface area contributed by atoms with Gasteiger partial charge in [0.2, 0.25) is 0 Å². The second-order valence-electron chi connectivity index (χ2n) is 6.05. The largest absolute Gasteiger partial charge is 0.404 e. The summed E-state index contributed by atoms with van der Waals surface area (Å²) in [4.78, 5) is 2.16. The van der Waals surface area contributed by atoms with Crippen LogP contribution in [0.1, 0.15) is 37.8 Å². The Morgan fingerprint density at radius 1 is 1.14 bits per heavy atom. The van der Waals surface area contributed by atoms with Gasteiger partial charge in [-0.25, -0.2) is 0 Å². The van der Waals surface area contributed by atoms with Crippen molar-refractivity contribution in [3.8, 4) is 11.8 Å². The summed E-state index contributed by atoms with van der Waals surface area (Å²) >= 11 is 0. The molecule has 1 aliphatic rings. The van der Waals surface area contributed by atoms with Crippen molar-refractivity contribution >= 4 is 5.69 Å². The van der Waals surface area contributed by atoms with E-state index in [4.69, 9.17) is 0 Å². The molecule has 21 heavy (non-hydrogen) atoms. The molecule has 0 amide bonds. The van der Waals surface area contributed by atoms with Crippen LogP contribution in [0.2, 0.25) is 0 Å². The molecule has 0 aliphatic carbocycles. The van der Waals surface area contributed by atoms with Crippen molar-refractivity contribution in [2.24, 2.45) is 5.41 Å². The minimum Gasteiger partial charge on any atom is -0.374 e. The van der Waals surface area contributed by atoms with Crippen LogP contribution in [0, 0.1) is 17.3 Å². The maximum atomic E-state index is 12.9. The van der Waals surface area contributed by atoms with Gasteiger partial charge < -0.3 is 4.90 Å². The fraction of sp³-hybridized carbons (Fsp3) is 0.529. The Bertz CT molecular complexity index is 576. The molecule has 0 radical (unpaired) electrons. The number of hydrogen-bond donors (Lipinski definition) is 0. The normalized spacial score (nSPS) is 15.8. The molecule has 1 nitrogen and oxygen atoms in total. The van der Waals surface area contributed by atoms with Crippen LogP contribution in [-0.4, -0.2) is 19.8 Å². The van der Waals surface area contributed by atoms with Gasteiger partial charge in [0.15, 0.2) is 0 Å². The average molecular weight is 295 g/mol. The Morgan fingerprint density at radius 3 is 2.52 bits per heavy atom. The fourth-order valence-electron chi connectivity index (χ4n) is 2.38. The first kappa shape index (κ1) is 15.8. The van der Waals surface area contributed by atoms with Gasteiger partial charge in [0.05, 0.1) is 0 Å². The van der Waals surface area contributed by atoms with Crippen LogP contribution in [0.4, 0.5) is 18.9 Å². The SMILES string of the molecule is CN1CCCCc2c(C#CC(C)(C)C(F)(F)F)cccc21. The van der Waals surface area contributed by atoms with Gasteiger partial charge in [0.25, 0.3) is 0 Å². The number of rotatable bonds is 0. The molecule has 1 heterocycles. The molecule has 0 atom stereocenters. The monoisotopic (exact) mass is 295 g/mol. The average Bonchev–Trinajstić information content (AvgIpc) is 2.58. The lowest BCUT2D eigenvalue weighted by Gasteiger charge is -2.22. The zero-order valence-corrected chi connectivity index (χ0v) is 12.6. The molecular weight excluding hydrogens is 275 g/mol. The summed E-state index contributed by atoms with van der Waals surface area (Å²) in [6.45, 7) is 3.21. The summed E-state index contributed by atoms with van der Waals surface area (Å²) in [6, 6.07) is 5.70. The Labute approximate surface area is 124 Å². The Hall–Kier alpha value is -1.63. The van der Waals surface area contributed by atoms with Crippen LogP contribution in [0.5, 0.6) is 0 Å². The Balaban J connectivity index is 2.42. The van der Waals surface area contributed by atoms with E-state index in [0.717, 1.165) is 56.5 Å². The van der Waals surface area contributed by atoms with Gasteiger partial charge in [0.1, 0.15) is 5.41 Å². The molecule has 0 aromatic heterocycles. The highest BCUT2D eigenvalue weighted by molar-refractivity contribution is 5.61. The number of alkyl halides is 3. The van der Waals surface area contributed by atoms with Gasteiger partial charge >= 0.3 is 6.18 Å². The van der Waals surface area contributed by atoms with Crippen LogP contribution in [0.15, 0.2) is 18.2 Å². The molecule has 4 heteroatoms. The quantitative estimate of drug-likeness (QED) is 0.641. The minimum atomic E-state index is -4.32. The minimum absolute atomic E-state index is 0.721. The summed E-state index contributed by atoms with van der Waals surface area (Å²) < 4.78 is 38.7. The summed E-state index contributed by atoms with van der Waals surface area (Å²) in [5, 5.41) is 0. The molecule has 0 saturated carbocycles. The molecular formula is C17H20F3N. The standard InChI is InChI=1S/C17H20F3N/c1-16(2,17(18,19)20)11-10-13-7-6-9-15-14(13)8-4-5-12-21(15)3/h6-7,9H,4-5,8,12H2,1-3H3. The molecule has 114 valence electrons. The van der Waals surface area contributed by atoms with E-state index in [1.807, 2.05) is 25.2 Å². The molecule has 0 bridgehead atoms. The summed E-state index contributed by atoms with van der Waals surface area (Å²) in [5.74, 6) is 5.18. The van der Waals surface area contributed by atoms with E-state index in [1.165, 1.54) is 0 Å². The first-order valence-corrected chi connectivity index (χ1v) is 7.15. The lowest BCUT2D eigenvalue weighted by Crippen LogP contribution is -2.30. The van der Waals surface area contributed by atoms with Crippen molar-refractivity contribution < 1.29 is 13.2 Å². The van der Waals surface area contributed by atoms with Crippen molar-refractivity contribution in [3.63, 3.8) is 0 Å². The van der Waals surface area contributed by atoms with E-state index in [9.17, 15) is 13.2 Å². The molecule has 1 aliphatic heterocycles. The van der Waals surface area contributed by atoms with E-state index < -0.39 is 11.6 Å². The van der Waals surface area contributed by atoms with Crippen LogP contribution >= 0.6 is 0 Å². The second-order valence-corrected chi connectivity index (χ2v) is 6.05. The van der Waals surface area contributed by atoms with Crippen LogP contribution < -0.4 is 4.90 Å². The molecule has 0 spiro atoms. The van der Waals surface area contributed by atoms with Crippen molar-refractivity contribution in [1.82, 2.24) is 0 Å². The van der Waals surface area contributed by atoms with E-state index in [-0.39, 0.29) is 0 Å². The zero-order valence-electron chi connectivity index (χ0n) is 12.6. The van der Waals surface area contributed by atoms with Gasteiger partial charge in [-0.1, -0.05) is 17.9 Å². The Kier molecular flexibility index (Phi) is 4.22. The fourth-order valence-corrected chi connectivity index (χ4v) is 2.38. The van der Waals surface area contributed by atoms with Gasteiger partial charge in [-0.05, 0) is 50.8 Å². The predicted octanol–water partition coefficient (Wildman–Crippen LogP) is 4.40. The number of fused-ring (bicyclic) bond motifs is 1. The summed E-state index contributed by atoms with van der Waals surface area (Å²) in [7, 11) is 2.01. The van der Waals surface area contributed by atoms with Crippen LogP contribution in [-0.2, 0) is 6.42 Å². The third-order valence-electron chi connectivity index (χ3n) is 3.95. The van der Waals surface area contributed by atoms with Crippen molar-refractivity contribution in [2.45, 2.75) is 39.3 Å². The molecule has 0 N–H and O–H groups in total. The van der Waals surface area contributed by atoms with Gasteiger partial charge in [-0.15, -0.1) is 0 Å². The molecule has 1 aromatic rings. The molecule has 0 fully saturated rings. The first-order chi connectivity index (χ1) is 9.72. The van der Waals surface area contributed by atoms with Gasteiger partial charge in [-0.2, -0.15) is 13.2 Å². The highest BCUT2D eigenvalue weighted by Gasteiger charge is 2.46. The van der Waals surface area contributed by atoms with Gasteiger partial charge in [0, 0.05) is 24.8 Å². The third-order valence-corrected chi connectivity index (χ3v) is 3.95. The lowest BCUT2D eigenvalue weighted by molar-refractivity contribution is -0.190. The first-order valence-electron chi connectivity index (χ1n) is 7.15. The number of hydrogen-bond acceptors (Lipinski definition) is 1. The lowest BCUT2D eigenvalue weighted by atomic mass is 9.92. The van der Waals surface area contributed by atoms with E-state index >= 15 is 0 Å². The number of nitrogens with zero attached hydrogens (tertiary/aromatic N) is 1. The highest BCUT2D eigenvalue weighted by Crippen LogP contribution is 2.37. The highest BCUT2D eigenvalue weighted by atomic mass is 19.4. The summed E-state index contributed by atoms with van der Waals surface area (Å²) in [6.07, 6.45) is -1.32. The molecule has 2 rings (SSSR count). The second kappa shape index (κ2) is 5.63. The number of anilines is 1. The molecule has 1 aromatic carbocycles. The smallest absolute Gasteiger partial charge is 0.374 e. The number of halogens is 3. The topological polar surface area (TPSA) is 3.24 Å². The van der Waals surface area contributed by atoms with Crippen LogP contribution in [0.25, 0.3) is 0 Å². The zero-order chi connectivity index (χ0) is 15.7. The van der Waals surface area contributed by atoms with Crippen molar-refractivity contribution in [3.05, 3.63) is 29.3 Å². The maximum absolute atomic E-state index is 12.9. The van der Waals surface area contributed by atoms with Gasteiger partial charge in [-0.3, -0.25) is 0 Å². The van der Waals surface area contributed by atoms with E-state index in [0.29, 0.717) is 0 Å². The Morgan fingerprint density at radius 2 is 1.86 bits per heavy atom. The van der Waals surface area contributed by atoms with Crippen LogP contribution in [0.3, 0.4) is 0 Å². The number of benzene rings is 1. The third kappa shape index (κ3) is 3.34. The maximum Gasteiger partial charge on any atom is 0.404 e. The van der Waals surface area contributed by atoms with Crippen molar-refractivity contribution in [2.75, 3.05) is 18.5 Å². The molecule has 0 saturated heterocycles. The van der Waals surface area contributed by atoms with Crippen molar-refractivity contribution in [1.29, 1.82) is 0 Å². The molecule has 0 unspecified atom stereocenters. The predicted molar refractivity (Wildman–Crippen MR) is 79.4 cm³/mol. The van der Waals surface area contributed by atoms with E-state index in [1.54, 1.807) is 0 Å². The van der Waals surface area contributed by atoms with E-state index in [2.05, 4.69) is 16.7 Å². The summed E-state index contributed by atoms with van der Waals surface area (Å²) in [5.41, 5.74) is 0.887.